The zero-order valence-electron chi connectivity index (χ0n) is 6.72. The monoisotopic (exact) mass is 313 g/mol. The second-order valence-electron chi connectivity index (χ2n) is 1.46. The number of aryl methyl sites for hydroxylation is 2. The van der Waals surface area contributed by atoms with Crippen molar-refractivity contribution in [2.24, 2.45) is 0 Å². The summed E-state index contributed by atoms with van der Waals surface area (Å²) >= 11 is 0. The molecule has 0 aliphatic carbocycles. The van der Waals surface area contributed by atoms with Crippen LogP contribution in [0, 0.1) is 13.8 Å². The van der Waals surface area contributed by atoms with Crippen LogP contribution in [0.15, 0.2) is 0 Å². The van der Waals surface area contributed by atoms with Crippen LogP contribution in [0.3, 0.4) is 0 Å². The van der Waals surface area contributed by atoms with E-state index in [1.54, 1.807) is 0 Å². The summed E-state index contributed by atoms with van der Waals surface area (Å²) in [5, 5.41) is 10.7. The third-order valence-electron chi connectivity index (χ3n) is 0.913. The molecule has 0 bridgehead atoms. The molecule has 59 valence electrons. The maximum atomic E-state index is 3.66. The summed E-state index contributed by atoms with van der Waals surface area (Å²) in [5.74, 6) is 0. The van der Waals surface area contributed by atoms with Crippen LogP contribution in [0.25, 0.3) is 0 Å². The summed E-state index contributed by atoms with van der Waals surface area (Å²) in [7, 11) is 0. The molecule has 4 heteroatoms. The van der Waals surface area contributed by atoms with Crippen LogP contribution in [0.5, 0.6) is 0 Å². The molecule has 1 rings (SSSR count). The van der Waals surface area contributed by atoms with Crippen molar-refractivity contribution in [3.63, 3.8) is 0 Å². The molecule has 0 aliphatic heterocycles. The van der Waals surface area contributed by atoms with Gasteiger partial charge in [-0.15, -0.1) is 0 Å². The van der Waals surface area contributed by atoms with E-state index in [1.807, 2.05) is 27.7 Å². The normalized spacial score (nSPS) is 7.20. The molecular formula is C6H12N3Re-. The van der Waals surface area contributed by atoms with E-state index in [1.165, 1.54) is 0 Å². The van der Waals surface area contributed by atoms with Gasteiger partial charge in [0.1, 0.15) is 0 Å². The van der Waals surface area contributed by atoms with Crippen LogP contribution in [0.2, 0.25) is 0 Å². The molecular weight excluding hydrogens is 300 g/mol. The van der Waals surface area contributed by atoms with Crippen LogP contribution >= 0.6 is 0 Å². The Labute approximate surface area is 75.3 Å². The average Bonchev–Trinajstić information content (AvgIpc) is 2.23. The first-order valence-corrected chi connectivity index (χ1v) is 3.10. The number of hydrogen-bond donors (Lipinski definition) is 0. The predicted molar refractivity (Wildman–Crippen MR) is 36.2 cm³/mol. The van der Waals surface area contributed by atoms with Crippen LogP contribution in [0.1, 0.15) is 25.2 Å². The SMILES string of the molecule is CC.Cc1n[n-]nc1C.[Re]. The number of rotatable bonds is 0. The summed E-state index contributed by atoms with van der Waals surface area (Å²) in [6.07, 6.45) is 0. The summed E-state index contributed by atoms with van der Waals surface area (Å²) in [5.41, 5.74) is 1.83. The smallest absolute Gasteiger partial charge is 0.0354 e. The topological polar surface area (TPSA) is 39.9 Å². The maximum absolute atomic E-state index is 3.66. The standard InChI is InChI=1S/C4H6N3.C2H6.Re/c1-3-4(2)6-7-5-3;1-2;/h1-2H3;1-2H3;/q-1;;. The van der Waals surface area contributed by atoms with Crippen molar-refractivity contribution in [1.82, 2.24) is 15.4 Å². The van der Waals surface area contributed by atoms with Gasteiger partial charge in [0.05, 0.1) is 0 Å². The summed E-state index contributed by atoms with van der Waals surface area (Å²) in [4.78, 5) is 0. The van der Waals surface area contributed by atoms with E-state index in [0.717, 1.165) is 11.4 Å². The molecule has 0 saturated heterocycles. The second kappa shape index (κ2) is 6.92. The molecule has 10 heavy (non-hydrogen) atoms. The van der Waals surface area contributed by atoms with Crippen LogP contribution in [0.4, 0.5) is 0 Å². The summed E-state index contributed by atoms with van der Waals surface area (Å²) in [6.45, 7) is 7.77. The van der Waals surface area contributed by atoms with Crippen molar-refractivity contribution in [2.45, 2.75) is 27.7 Å². The molecule has 0 spiro atoms. The quantitative estimate of drug-likeness (QED) is 0.719. The first kappa shape index (κ1) is 12.5. The fourth-order valence-corrected chi connectivity index (χ4v) is 0.301. The Balaban J connectivity index is 0. The van der Waals surface area contributed by atoms with Crippen LogP contribution in [-0.2, 0) is 20.4 Å². The Bertz CT molecular complexity index is 145. The van der Waals surface area contributed by atoms with Gasteiger partial charge in [-0.3, -0.25) is 0 Å². The van der Waals surface area contributed by atoms with E-state index in [0.29, 0.717) is 0 Å². The zero-order valence-corrected chi connectivity index (χ0v) is 9.44. The van der Waals surface area contributed by atoms with Crippen molar-refractivity contribution in [1.29, 1.82) is 0 Å². The van der Waals surface area contributed by atoms with E-state index in [-0.39, 0.29) is 20.4 Å². The molecule has 0 aromatic carbocycles. The van der Waals surface area contributed by atoms with Gasteiger partial charge in [-0.1, -0.05) is 13.8 Å². The zero-order chi connectivity index (χ0) is 7.28. The minimum Gasteiger partial charge on any atom is -0.493 e. The predicted octanol–water partition coefficient (Wildman–Crippen LogP) is 1.07. The van der Waals surface area contributed by atoms with Crippen molar-refractivity contribution < 1.29 is 20.4 Å². The summed E-state index contributed by atoms with van der Waals surface area (Å²) < 4.78 is 0. The molecule has 0 unspecified atom stereocenters. The van der Waals surface area contributed by atoms with E-state index in [4.69, 9.17) is 0 Å². The van der Waals surface area contributed by atoms with E-state index < -0.39 is 0 Å². The second-order valence-corrected chi connectivity index (χ2v) is 1.46. The molecule has 0 N–H and O–H groups in total. The van der Waals surface area contributed by atoms with E-state index in [2.05, 4.69) is 15.4 Å². The number of hydrogen-bond acceptors (Lipinski definition) is 2. The minimum absolute atomic E-state index is 0. The molecule has 1 heterocycles. The molecule has 0 amide bonds. The molecule has 1 radical (unpaired) electrons. The fourth-order valence-electron chi connectivity index (χ4n) is 0.301. The van der Waals surface area contributed by atoms with E-state index >= 15 is 0 Å². The summed E-state index contributed by atoms with van der Waals surface area (Å²) in [6, 6.07) is 0. The van der Waals surface area contributed by atoms with Crippen molar-refractivity contribution in [2.75, 3.05) is 0 Å². The first-order valence-electron chi connectivity index (χ1n) is 3.10. The molecule has 0 saturated carbocycles. The van der Waals surface area contributed by atoms with Gasteiger partial charge in [0.2, 0.25) is 0 Å². The van der Waals surface area contributed by atoms with Gasteiger partial charge in [0.15, 0.2) is 0 Å². The molecule has 1 aromatic heterocycles. The Kier molecular flexibility index (Phi) is 8.63. The fraction of sp³-hybridized carbons (Fsp3) is 0.667. The molecule has 0 fully saturated rings. The van der Waals surface area contributed by atoms with Gasteiger partial charge in [0, 0.05) is 31.8 Å². The Morgan fingerprint density at radius 2 is 1.30 bits per heavy atom. The van der Waals surface area contributed by atoms with Gasteiger partial charge in [0.25, 0.3) is 0 Å². The van der Waals surface area contributed by atoms with Crippen LogP contribution < -0.4 is 5.21 Å². The Hall–Kier alpha value is -0.198. The number of aromatic nitrogens is 3. The Morgan fingerprint density at radius 3 is 1.40 bits per heavy atom. The average molecular weight is 312 g/mol. The third kappa shape index (κ3) is 3.76. The third-order valence-corrected chi connectivity index (χ3v) is 0.913. The van der Waals surface area contributed by atoms with Gasteiger partial charge in [-0.2, -0.15) is 0 Å². The maximum Gasteiger partial charge on any atom is 0.0354 e. The molecule has 1 aromatic rings. The molecule has 0 atom stereocenters. The molecule has 0 aliphatic rings. The van der Waals surface area contributed by atoms with Crippen molar-refractivity contribution >= 4 is 0 Å². The Morgan fingerprint density at radius 1 is 1.00 bits per heavy atom. The minimum atomic E-state index is 0. The van der Waals surface area contributed by atoms with Crippen LogP contribution in [-0.4, -0.2) is 10.2 Å². The number of nitrogens with zero attached hydrogens (tertiary/aromatic N) is 3. The van der Waals surface area contributed by atoms with Crippen molar-refractivity contribution in [3.05, 3.63) is 11.4 Å². The van der Waals surface area contributed by atoms with Gasteiger partial charge in [-0.25, -0.2) is 0 Å². The molecule has 3 nitrogen and oxygen atoms in total. The van der Waals surface area contributed by atoms with Crippen molar-refractivity contribution in [3.8, 4) is 0 Å². The van der Waals surface area contributed by atoms with E-state index in [9.17, 15) is 0 Å². The largest absolute Gasteiger partial charge is 0.493 e. The van der Waals surface area contributed by atoms with Gasteiger partial charge in [-0.05, 0) is 13.8 Å². The van der Waals surface area contributed by atoms with Gasteiger partial charge >= 0.3 is 0 Å². The van der Waals surface area contributed by atoms with Gasteiger partial charge < -0.3 is 15.4 Å². The first-order chi connectivity index (χ1) is 4.30.